The fourth-order valence-corrected chi connectivity index (χ4v) is 3.38. The summed E-state index contributed by atoms with van der Waals surface area (Å²) in [5.74, 6) is 0.166. The highest BCUT2D eigenvalue weighted by Crippen LogP contribution is 2.26. The lowest BCUT2D eigenvalue weighted by Gasteiger charge is -2.21. The van der Waals surface area contributed by atoms with Crippen molar-refractivity contribution in [1.29, 1.82) is 0 Å². The quantitative estimate of drug-likeness (QED) is 0.646. The Morgan fingerprint density at radius 1 is 1.00 bits per heavy atom. The highest BCUT2D eigenvalue weighted by Gasteiger charge is 2.18. The van der Waals surface area contributed by atoms with Crippen molar-refractivity contribution in [3.05, 3.63) is 29.8 Å². The van der Waals surface area contributed by atoms with Crippen molar-refractivity contribution in [3.63, 3.8) is 0 Å². The molecule has 0 saturated heterocycles. The number of hydrogen-bond donors (Lipinski definition) is 3. The number of ether oxygens (including phenoxy) is 1. The van der Waals surface area contributed by atoms with Crippen molar-refractivity contribution >= 4 is 23.6 Å². The molecule has 0 heterocycles. The van der Waals surface area contributed by atoms with Gasteiger partial charge < -0.3 is 20.7 Å². The molecular formula is C22H33N3O4. The summed E-state index contributed by atoms with van der Waals surface area (Å²) in [7, 11) is 0. The number of anilines is 1. The third-order valence-electron chi connectivity index (χ3n) is 4.76. The molecule has 7 heteroatoms. The van der Waals surface area contributed by atoms with Crippen molar-refractivity contribution in [2.75, 3.05) is 11.9 Å². The van der Waals surface area contributed by atoms with Gasteiger partial charge >= 0.3 is 6.09 Å². The summed E-state index contributed by atoms with van der Waals surface area (Å²) < 4.78 is 5.11. The lowest BCUT2D eigenvalue weighted by atomic mass is 9.87. The van der Waals surface area contributed by atoms with Gasteiger partial charge in [0.05, 0.1) is 0 Å². The second-order valence-corrected chi connectivity index (χ2v) is 8.55. The van der Waals surface area contributed by atoms with Crippen LogP contribution in [0.25, 0.3) is 0 Å². The van der Waals surface area contributed by atoms with Crippen LogP contribution in [0, 0.1) is 5.92 Å². The van der Waals surface area contributed by atoms with Crippen LogP contribution >= 0.6 is 0 Å². The van der Waals surface area contributed by atoms with Crippen molar-refractivity contribution in [2.24, 2.45) is 5.92 Å². The van der Waals surface area contributed by atoms with Crippen LogP contribution in [0.1, 0.15) is 64.9 Å². The van der Waals surface area contributed by atoms with Crippen LogP contribution in [0.4, 0.5) is 10.5 Å². The van der Waals surface area contributed by atoms with E-state index >= 15 is 0 Å². The largest absolute Gasteiger partial charge is 0.444 e. The Balaban J connectivity index is 1.80. The molecule has 1 aliphatic rings. The molecule has 0 bridgehead atoms. The Hall–Kier alpha value is -2.57. The second kappa shape index (κ2) is 10.8. The number of carbonyl (C=O) groups excluding carboxylic acids is 3. The summed E-state index contributed by atoms with van der Waals surface area (Å²) in [5, 5.41) is 8.16. The lowest BCUT2D eigenvalue weighted by molar-refractivity contribution is -0.122. The van der Waals surface area contributed by atoms with E-state index in [4.69, 9.17) is 4.74 Å². The maximum atomic E-state index is 12.2. The van der Waals surface area contributed by atoms with Crippen LogP contribution in [0.2, 0.25) is 0 Å². The molecule has 0 aromatic heterocycles. The van der Waals surface area contributed by atoms with E-state index in [1.807, 2.05) is 18.2 Å². The van der Waals surface area contributed by atoms with Crippen LogP contribution in [0.5, 0.6) is 0 Å². The smallest absolute Gasteiger partial charge is 0.408 e. The van der Waals surface area contributed by atoms with Gasteiger partial charge in [-0.2, -0.15) is 0 Å². The maximum Gasteiger partial charge on any atom is 0.408 e. The van der Waals surface area contributed by atoms with Gasteiger partial charge in [-0.3, -0.25) is 9.59 Å². The molecular weight excluding hydrogens is 370 g/mol. The van der Waals surface area contributed by atoms with E-state index in [2.05, 4.69) is 16.0 Å². The van der Waals surface area contributed by atoms with E-state index in [1.165, 1.54) is 19.3 Å². The van der Waals surface area contributed by atoms with E-state index in [0.29, 0.717) is 24.6 Å². The number of rotatable bonds is 7. The Morgan fingerprint density at radius 3 is 2.38 bits per heavy atom. The molecule has 1 aromatic carbocycles. The summed E-state index contributed by atoms with van der Waals surface area (Å²) in [6.45, 7) is 5.42. The van der Waals surface area contributed by atoms with E-state index in [-0.39, 0.29) is 18.4 Å². The summed E-state index contributed by atoms with van der Waals surface area (Å²) >= 11 is 0. The summed E-state index contributed by atoms with van der Waals surface area (Å²) in [5.41, 5.74) is 0.805. The minimum absolute atomic E-state index is 0.0459. The topological polar surface area (TPSA) is 96.5 Å². The zero-order valence-corrected chi connectivity index (χ0v) is 17.7. The van der Waals surface area contributed by atoms with Crippen molar-refractivity contribution in [1.82, 2.24) is 10.6 Å². The fourth-order valence-electron chi connectivity index (χ4n) is 3.38. The van der Waals surface area contributed by atoms with Gasteiger partial charge in [-0.1, -0.05) is 37.5 Å². The van der Waals surface area contributed by atoms with Gasteiger partial charge in [0.15, 0.2) is 0 Å². The Morgan fingerprint density at radius 2 is 1.69 bits per heavy atom. The van der Waals surface area contributed by atoms with Crippen LogP contribution in [-0.2, 0) is 20.9 Å². The van der Waals surface area contributed by atoms with E-state index in [0.717, 1.165) is 18.4 Å². The number of alkyl carbamates (subject to hydrolysis) is 1. The van der Waals surface area contributed by atoms with Gasteiger partial charge in [0.25, 0.3) is 0 Å². The molecule has 160 valence electrons. The molecule has 7 nitrogen and oxygen atoms in total. The first-order valence-electron chi connectivity index (χ1n) is 10.3. The third-order valence-corrected chi connectivity index (χ3v) is 4.76. The predicted octanol–water partition coefficient (Wildman–Crippen LogP) is 3.74. The van der Waals surface area contributed by atoms with Gasteiger partial charge in [-0.05, 0) is 51.2 Å². The maximum absolute atomic E-state index is 12.2. The number of para-hydroxylation sites is 1. The second-order valence-electron chi connectivity index (χ2n) is 8.55. The van der Waals surface area contributed by atoms with Gasteiger partial charge in [-0.25, -0.2) is 4.79 Å². The highest BCUT2D eigenvalue weighted by atomic mass is 16.6. The van der Waals surface area contributed by atoms with Crippen molar-refractivity contribution in [2.45, 2.75) is 71.4 Å². The van der Waals surface area contributed by atoms with Gasteiger partial charge in [0, 0.05) is 18.7 Å². The van der Waals surface area contributed by atoms with Gasteiger partial charge in [0.1, 0.15) is 12.1 Å². The molecule has 1 saturated carbocycles. The molecule has 29 heavy (non-hydrogen) atoms. The molecule has 0 radical (unpaired) electrons. The minimum Gasteiger partial charge on any atom is -0.444 e. The summed E-state index contributed by atoms with van der Waals surface area (Å²) in [4.78, 5) is 36.1. The van der Waals surface area contributed by atoms with E-state index in [1.54, 1.807) is 26.8 Å². The van der Waals surface area contributed by atoms with Crippen LogP contribution in [0.3, 0.4) is 0 Å². The van der Waals surface area contributed by atoms with Crippen LogP contribution < -0.4 is 16.0 Å². The third kappa shape index (κ3) is 8.98. The SMILES string of the molecule is CC(C)(C)OC(=O)NCC(=O)Nc1ccccc1CNC(=O)CC1CCCCC1. The first-order valence-corrected chi connectivity index (χ1v) is 10.3. The standard InChI is InChI=1S/C22H33N3O4/c1-22(2,3)29-21(28)24-15-20(27)25-18-12-8-7-11-17(18)14-23-19(26)13-16-9-5-4-6-10-16/h7-8,11-12,16H,4-6,9-10,13-15H2,1-3H3,(H,23,26)(H,24,28)(H,25,27). The molecule has 2 rings (SSSR count). The van der Waals surface area contributed by atoms with Crippen molar-refractivity contribution in [3.8, 4) is 0 Å². The van der Waals surface area contributed by atoms with E-state index in [9.17, 15) is 14.4 Å². The zero-order chi connectivity index (χ0) is 21.3. The Labute approximate surface area is 173 Å². The highest BCUT2D eigenvalue weighted by molar-refractivity contribution is 5.94. The molecule has 3 amide bonds. The van der Waals surface area contributed by atoms with Gasteiger partial charge in [0.2, 0.25) is 11.8 Å². The Bertz CT molecular complexity index is 706. The average molecular weight is 404 g/mol. The first kappa shape index (κ1) is 22.7. The molecule has 3 N–H and O–H groups in total. The minimum atomic E-state index is -0.643. The molecule has 1 aliphatic carbocycles. The number of nitrogens with one attached hydrogen (secondary N) is 3. The van der Waals surface area contributed by atoms with E-state index < -0.39 is 11.7 Å². The number of carbonyl (C=O) groups is 3. The molecule has 0 atom stereocenters. The summed E-state index contributed by atoms with van der Waals surface area (Å²) in [6.07, 6.45) is 5.88. The number of amides is 3. The summed E-state index contributed by atoms with van der Waals surface area (Å²) in [6, 6.07) is 7.30. The molecule has 0 aliphatic heterocycles. The van der Waals surface area contributed by atoms with Gasteiger partial charge in [-0.15, -0.1) is 0 Å². The monoisotopic (exact) mass is 403 g/mol. The Kier molecular flexibility index (Phi) is 8.49. The first-order chi connectivity index (χ1) is 13.7. The fraction of sp³-hybridized carbons (Fsp3) is 0.591. The normalized spacial score (nSPS) is 14.7. The molecule has 0 unspecified atom stereocenters. The number of benzene rings is 1. The van der Waals surface area contributed by atoms with Crippen LogP contribution in [0.15, 0.2) is 24.3 Å². The zero-order valence-electron chi connectivity index (χ0n) is 17.7. The van der Waals surface area contributed by atoms with Crippen LogP contribution in [-0.4, -0.2) is 30.1 Å². The molecule has 1 aromatic rings. The predicted molar refractivity (Wildman–Crippen MR) is 112 cm³/mol. The lowest BCUT2D eigenvalue weighted by Crippen LogP contribution is -2.37. The molecule has 1 fully saturated rings. The number of hydrogen-bond acceptors (Lipinski definition) is 4. The van der Waals surface area contributed by atoms with Crippen molar-refractivity contribution < 1.29 is 19.1 Å². The average Bonchev–Trinajstić information content (AvgIpc) is 2.65. The molecule has 0 spiro atoms.